The summed E-state index contributed by atoms with van der Waals surface area (Å²) in [6.45, 7) is 8.03. The van der Waals surface area contributed by atoms with Gasteiger partial charge in [-0.3, -0.25) is 4.18 Å². The van der Waals surface area contributed by atoms with Crippen molar-refractivity contribution in [3.63, 3.8) is 0 Å². The van der Waals surface area contributed by atoms with Crippen LogP contribution in [0.3, 0.4) is 0 Å². The molecule has 0 amide bonds. The first-order chi connectivity index (χ1) is 17.1. The first-order valence-electron chi connectivity index (χ1n) is 11.3. The molecule has 1 aromatic rings. The lowest BCUT2D eigenvalue weighted by atomic mass is 10.4. The van der Waals surface area contributed by atoms with E-state index in [1.54, 1.807) is 18.2 Å². The van der Waals surface area contributed by atoms with Gasteiger partial charge in [0.1, 0.15) is 6.61 Å². The van der Waals surface area contributed by atoms with Gasteiger partial charge in [-0.1, -0.05) is 24.8 Å². The molecular formula is C23H36O11S. The molecule has 0 saturated carbocycles. The van der Waals surface area contributed by atoms with E-state index < -0.39 is 16.1 Å². The van der Waals surface area contributed by atoms with Gasteiger partial charge in [-0.15, -0.1) is 0 Å². The first-order valence-corrected chi connectivity index (χ1v) is 12.7. The Hall–Kier alpha value is -1.90. The molecule has 11 nitrogen and oxygen atoms in total. The summed E-state index contributed by atoms with van der Waals surface area (Å²) in [5, 5.41) is 0. The van der Waals surface area contributed by atoms with Crippen LogP contribution in [0.5, 0.6) is 0 Å². The van der Waals surface area contributed by atoms with Crippen molar-refractivity contribution in [1.29, 1.82) is 0 Å². The van der Waals surface area contributed by atoms with Gasteiger partial charge in [-0.05, 0) is 12.1 Å². The monoisotopic (exact) mass is 520 g/mol. The highest BCUT2D eigenvalue weighted by Crippen LogP contribution is 2.10. The van der Waals surface area contributed by atoms with E-state index in [1.165, 1.54) is 12.1 Å². The predicted molar refractivity (Wildman–Crippen MR) is 126 cm³/mol. The van der Waals surface area contributed by atoms with E-state index in [0.717, 1.165) is 6.08 Å². The van der Waals surface area contributed by atoms with E-state index in [-0.39, 0.29) is 24.7 Å². The van der Waals surface area contributed by atoms with Crippen molar-refractivity contribution in [1.82, 2.24) is 0 Å². The Labute approximate surface area is 207 Å². The fourth-order valence-corrected chi connectivity index (χ4v) is 3.23. The van der Waals surface area contributed by atoms with Crippen molar-refractivity contribution in [3.05, 3.63) is 43.0 Å². The molecule has 1 aromatic carbocycles. The maximum atomic E-state index is 11.9. The molecule has 0 aliphatic heterocycles. The molecular weight excluding hydrogens is 484 g/mol. The number of ether oxygens (including phenoxy) is 7. The number of hydrogen-bond donors (Lipinski definition) is 0. The topological polar surface area (TPSA) is 125 Å². The first kappa shape index (κ1) is 31.1. The molecule has 1 rings (SSSR count). The molecule has 0 bridgehead atoms. The highest BCUT2D eigenvalue weighted by atomic mass is 32.2. The van der Waals surface area contributed by atoms with Crippen molar-refractivity contribution in [2.45, 2.75) is 4.90 Å². The molecule has 0 spiro atoms. The SMILES string of the molecule is C=CC(=O)OCCOCCOCCOCCOCCOCCOCCOS(=O)(=O)c1ccccc1. The van der Waals surface area contributed by atoms with Gasteiger partial charge < -0.3 is 33.2 Å². The van der Waals surface area contributed by atoms with E-state index in [2.05, 4.69) is 6.58 Å². The molecule has 0 unspecified atom stereocenters. The molecule has 12 heteroatoms. The number of carbonyl (C=O) groups excluding carboxylic acids is 1. The highest BCUT2D eigenvalue weighted by Gasteiger charge is 2.13. The second-order valence-electron chi connectivity index (χ2n) is 6.64. The van der Waals surface area contributed by atoms with Crippen LogP contribution in [0.4, 0.5) is 0 Å². The molecule has 0 saturated heterocycles. The molecule has 35 heavy (non-hydrogen) atoms. The minimum atomic E-state index is -3.75. The van der Waals surface area contributed by atoms with Crippen LogP contribution in [0.1, 0.15) is 0 Å². The summed E-state index contributed by atoms with van der Waals surface area (Å²) >= 11 is 0. The van der Waals surface area contributed by atoms with Gasteiger partial charge in [0.2, 0.25) is 0 Å². The minimum absolute atomic E-state index is 0.0613. The normalized spacial score (nSPS) is 11.4. The molecule has 0 aliphatic carbocycles. The lowest BCUT2D eigenvalue weighted by molar-refractivity contribution is -0.139. The summed E-state index contributed by atoms with van der Waals surface area (Å²) < 4.78 is 65.5. The van der Waals surface area contributed by atoms with Gasteiger partial charge in [0, 0.05) is 6.08 Å². The summed E-state index contributed by atoms with van der Waals surface area (Å²) in [4.78, 5) is 10.9. The van der Waals surface area contributed by atoms with Crippen LogP contribution in [0, 0.1) is 0 Å². The Kier molecular flexibility index (Phi) is 19.0. The van der Waals surface area contributed by atoms with Crippen molar-refractivity contribution in [2.75, 3.05) is 92.5 Å². The second kappa shape index (κ2) is 21.4. The van der Waals surface area contributed by atoms with E-state index in [0.29, 0.717) is 72.7 Å². The standard InChI is InChI=1S/C23H36O11S/c1-2-23(24)33-20-18-31-16-14-29-12-10-27-8-9-28-11-13-30-15-17-32-19-21-34-35(25,26)22-6-4-3-5-7-22/h2-7H,1,8-21H2. The van der Waals surface area contributed by atoms with Gasteiger partial charge >= 0.3 is 5.97 Å². The summed E-state index contributed by atoms with van der Waals surface area (Å²) in [5.74, 6) is -0.470. The van der Waals surface area contributed by atoms with Gasteiger partial charge in [0.05, 0.1) is 90.8 Å². The number of rotatable bonds is 24. The van der Waals surface area contributed by atoms with Crippen molar-refractivity contribution in [2.24, 2.45) is 0 Å². The van der Waals surface area contributed by atoms with Crippen molar-refractivity contribution < 1.29 is 50.6 Å². The van der Waals surface area contributed by atoms with E-state index >= 15 is 0 Å². The zero-order valence-electron chi connectivity index (χ0n) is 20.0. The Bertz CT molecular complexity index is 756. The average molecular weight is 521 g/mol. The fraction of sp³-hybridized carbons (Fsp3) is 0.609. The van der Waals surface area contributed by atoms with E-state index in [4.69, 9.17) is 37.3 Å². The van der Waals surface area contributed by atoms with Gasteiger partial charge in [0.25, 0.3) is 10.1 Å². The largest absolute Gasteiger partial charge is 0.460 e. The number of carbonyl (C=O) groups is 1. The third-order valence-electron chi connectivity index (χ3n) is 4.00. The maximum Gasteiger partial charge on any atom is 0.330 e. The maximum absolute atomic E-state index is 11.9. The molecule has 0 N–H and O–H groups in total. The zero-order chi connectivity index (χ0) is 25.5. The van der Waals surface area contributed by atoms with Gasteiger partial charge in [0.15, 0.2) is 0 Å². The third-order valence-corrected chi connectivity index (χ3v) is 5.32. The smallest absolute Gasteiger partial charge is 0.330 e. The minimum Gasteiger partial charge on any atom is -0.460 e. The number of hydrogen-bond acceptors (Lipinski definition) is 11. The molecule has 0 atom stereocenters. The molecule has 0 heterocycles. The van der Waals surface area contributed by atoms with Crippen LogP contribution in [-0.2, 0) is 52.3 Å². The third kappa shape index (κ3) is 18.1. The van der Waals surface area contributed by atoms with Crippen LogP contribution < -0.4 is 0 Å². The summed E-state index contributed by atoms with van der Waals surface area (Å²) in [6, 6.07) is 7.95. The second-order valence-corrected chi connectivity index (χ2v) is 8.25. The van der Waals surface area contributed by atoms with Crippen molar-refractivity contribution in [3.8, 4) is 0 Å². The van der Waals surface area contributed by atoms with Crippen LogP contribution >= 0.6 is 0 Å². The summed E-state index contributed by atoms with van der Waals surface area (Å²) in [7, 11) is -3.75. The van der Waals surface area contributed by atoms with Gasteiger partial charge in [-0.2, -0.15) is 8.42 Å². The average Bonchev–Trinajstić information content (AvgIpc) is 2.87. The summed E-state index contributed by atoms with van der Waals surface area (Å²) in [5.41, 5.74) is 0. The summed E-state index contributed by atoms with van der Waals surface area (Å²) in [6.07, 6.45) is 1.10. The Balaban J connectivity index is 1.75. The fourth-order valence-electron chi connectivity index (χ4n) is 2.32. The van der Waals surface area contributed by atoms with Crippen LogP contribution in [-0.4, -0.2) is 107 Å². The molecule has 0 fully saturated rings. The van der Waals surface area contributed by atoms with Crippen LogP contribution in [0.15, 0.2) is 47.9 Å². The Morgan fingerprint density at radius 3 is 1.40 bits per heavy atom. The molecule has 200 valence electrons. The van der Waals surface area contributed by atoms with Crippen LogP contribution in [0.25, 0.3) is 0 Å². The lowest BCUT2D eigenvalue weighted by Gasteiger charge is -2.08. The predicted octanol–water partition coefficient (Wildman–Crippen LogP) is 1.22. The number of esters is 1. The highest BCUT2D eigenvalue weighted by molar-refractivity contribution is 7.86. The van der Waals surface area contributed by atoms with Crippen LogP contribution in [0.2, 0.25) is 0 Å². The van der Waals surface area contributed by atoms with E-state index in [1.807, 2.05) is 0 Å². The molecule has 0 aromatic heterocycles. The van der Waals surface area contributed by atoms with Crippen molar-refractivity contribution >= 4 is 16.1 Å². The molecule has 0 radical (unpaired) electrons. The van der Waals surface area contributed by atoms with Gasteiger partial charge in [-0.25, -0.2) is 4.79 Å². The quantitative estimate of drug-likeness (QED) is 0.0845. The zero-order valence-corrected chi connectivity index (χ0v) is 20.8. The Morgan fingerprint density at radius 1 is 0.629 bits per heavy atom. The number of benzene rings is 1. The lowest BCUT2D eigenvalue weighted by Crippen LogP contribution is -2.15. The molecule has 0 aliphatic rings. The Morgan fingerprint density at radius 2 is 1.00 bits per heavy atom. The van der Waals surface area contributed by atoms with E-state index in [9.17, 15) is 13.2 Å².